The van der Waals surface area contributed by atoms with Gasteiger partial charge in [0.1, 0.15) is 0 Å². The van der Waals surface area contributed by atoms with Crippen LogP contribution in [0, 0.1) is 6.92 Å². The number of nitrogens with zero attached hydrogens (tertiary/aromatic N) is 1. The Morgan fingerprint density at radius 1 is 0.800 bits per heavy atom. The van der Waals surface area contributed by atoms with Crippen molar-refractivity contribution < 1.29 is 0 Å². The molecule has 0 bridgehead atoms. The lowest BCUT2D eigenvalue weighted by Gasteiger charge is -2.06. The molecule has 1 aromatic heterocycles. The molecule has 2 aromatic carbocycles. The fourth-order valence-corrected chi connectivity index (χ4v) is 2.43. The third kappa shape index (κ3) is 2.94. The molecule has 3 rings (SSSR count). The Morgan fingerprint density at radius 3 is 2.35 bits per heavy atom. The third-order valence-electron chi connectivity index (χ3n) is 3.38. The Morgan fingerprint density at radius 2 is 1.60 bits per heavy atom. The fourth-order valence-electron chi connectivity index (χ4n) is 2.43. The number of rotatable bonds is 3. The van der Waals surface area contributed by atoms with E-state index in [1.807, 2.05) is 24.4 Å². The van der Waals surface area contributed by atoms with Gasteiger partial charge in [-0.1, -0.05) is 54.1 Å². The van der Waals surface area contributed by atoms with Crippen molar-refractivity contribution in [1.29, 1.82) is 0 Å². The van der Waals surface area contributed by atoms with Crippen molar-refractivity contribution in [1.82, 2.24) is 4.98 Å². The van der Waals surface area contributed by atoms with Gasteiger partial charge in [-0.25, -0.2) is 0 Å². The molecule has 0 unspecified atom stereocenters. The zero-order valence-corrected chi connectivity index (χ0v) is 11.6. The van der Waals surface area contributed by atoms with Crippen LogP contribution in [0.2, 0.25) is 0 Å². The second-order valence-electron chi connectivity index (χ2n) is 5.08. The van der Waals surface area contributed by atoms with E-state index in [1.54, 1.807) is 0 Å². The van der Waals surface area contributed by atoms with E-state index in [2.05, 4.69) is 60.4 Å². The zero-order chi connectivity index (χ0) is 13.8. The molecule has 0 aliphatic heterocycles. The molecule has 1 heterocycles. The van der Waals surface area contributed by atoms with Gasteiger partial charge >= 0.3 is 0 Å². The van der Waals surface area contributed by atoms with Crippen LogP contribution >= 0.6 is 0 Å². The summed E-state index contributed by atoms with van der Waals surface area (Å²) in [5.74, 6) is 0. The van der Waals surface area contributed by atoms with Gasteiger partial charge in [-0.15, -0.1) is 0 Å². The molecule has 0 N–H and O–H groups in total. The first-order valence-electron chi connectivity index (χ1n) is 6.87. The van der Waals surface area contributed by atoms with Gasteiger partial charge in [-0.05, 0) is 42.7 Å². The minimum Gasteiger partial charge on any atom is -0.256 e. The number of aromatic nitrogens is 1. The summed E-state index contributed by atoms with van der Waals surface area (Å²) in [5.41, 5.74) is 6.18. The van der Waals surface area contributed by atoms with Crippen LogP contribution in [0.3, 0.4) is 0 Å². The smallest absolute Gasteiger partial charge is 0.0702 e. The van der Waals surface area contributed by atoms with Gasteiger partial charge in [0.15, 0.2) is 0 Å². The summed E-state index contributed by atoms with van der Waals surface area (Å²) in [5, 5.41) is 0. The Kier molecular flexibility index (Phi) is 3.60. The van der Waals surface area contributed by atoms with Gasteiger partial charge in [-0.3, -0.25) is 4.98 Å². The molecule has 0 radical (unpaired) electrons. The van der Waals surface area contributed by atoms with Gasteiger partial charge in [-0.2, -0.15) is 0 Å². The van der Waals surface area contributed by atoms with Crippen molar-refractivity contribution in [2.75, 3.05) is 0 Å². The van der Waals surface area contributed by atoms with E-state index >= 15 is 0 Å². The maximum absolute atomic E-state index is 4.41. The molecular formula is C19H17N. The van der Waals surface area contributed by atoms with Crippen LogP contribution in [0.25, 0.3) is 11.3 Å². The van der Waals surface area contributed by atoms with Crippen LogP contribution in [0.5, 0.6) is 0 Å². The molecule has 1 nitrogen and oxygen atoms in total. The summed E-state index contributed by atoms with van der Waals surface area (Å²) in [6.45, 7) is 2.13. The van der Waals surface area contributed by atoms with E-state index in [0.717, 1.165) is 12.1 Å². The van der Waals surface area contributed by atoms with Crippen molar-refractivity contribution in [2.45, 2.75) is 13.3 Å². The van der Waals surface area contributed by atoms with Gasteiger partial charge in [0, 0.05) is 11.8 Å². The highest BCUT2D eigenvalue weighted by Gasteiger charge is 2.01. The summed E-state index contributed by atoms with van der Waals surface area (Å²) < 4.78 is 0. The summed E-state index contributed by atoms with van der Waals surface area (Å²) in [6, 6.07) is 23.3. The Bertz CT molecular complexity index is 702. The number of benzene rings is 2. The van der Waals surface area contributed by atoms with Crippen molar-refractivity contribution in [3.63, 3.8) is 0 Å². The molecule has 20 heavy (non-hydrogen) atoms. The SMILES string of the molecule is Cc1cccc(Cc2cccc(-c3ccccn3)c2)c1. The summed E-state index contributed by atoms with van der Waals surface area (Å²) >= 11 is 0. The van der Waals surface area contributed by atoms with Crippen LogP contribution in [0.1, 0.15) is 16.7 Å². The van der Waals surface area contributed by atoms with Crippen LogP contribution in [0.15, 0.2) is 72.9 Å². The first kappa shape index (κ1) is 12.6. The Labute approximate surface area is 119 Å². The Balaban J connectivity index is 1.88. The summed E-state index contributed by atoms with van der Waals surface area (Å²) in [4.78, 5) is 4.41. The largest absolute Gasteiger partial charge is 0.256 e. The number of pyridine rings is 1. The highest BCUT2D eigenvalue weighted by atomic mass is 14.7. The minimum absolute atomic E-state index is 0.961. The molecular weight excluding hydrogens is 242 g/mol. The Hall–Kier alpha value is -2.41. The van der Waals surface area contributed by atoms with E-state index in [0.29, 0.717) is 0 Å². The zero-order valence-electron chi connectivity index (χ0n) is 11.6. The number of hydrogen-bond acceptors (Lipinski definition) is 1. The van der Waals surface area contributed by atoms with Crippen LogP contribution in [0.4, 0.5) is 0 Å². The van der Waals surface area contributed by atoms with Crippen molar-refractivity contribution in [3.8, 4) is 11.3 Å². The molecule has 0 saturated heterocycles. The molecule has 98 valence electrons. The third-order valence-corrected chi connectivity index (χ3v) is 3.38. The summed E-state index contributed by atoms with van der Waals surface area (Å²) in [6.07, 6.45) is 2.80. The quantitative estimate of drug-likeness (QED) is 0.667. The first-order valence-corrected chi connectivity index (χ1v) is 6.87. The monoisotopic (exact) mass is 259 g/mol. The molecule has 0 fully saturated rings. The molecule has 0 spiro atoms. The average molecular weight is 259 g/mol. The van der Waals surface area contributed by atoms with Crippen LogP contribution < -0.4 is 0 Å². The lowest BCUT2D eigenvalue weighted by molar-refractivity contribution is 1.18. The minimum atomic E-state index is 0.961. The van der Waals surface area contributed by atoms with E-state index in [-0.39, 0.29) is 0 Å². The maximum atomic E-state index is 4.41. The van der Waals surface area contributed by atoms with E-state index in [4.69, 9.17) is 0 Å². The predicted octanol–water partition coefficient (Wildman–Crippen LogP) is 4.65. The number of hydrogen-bond donors (Lipinski definition) is 0. The summed E-state index contributed by atoms with van der Waals surface area (Å²) in [7, 11) is 0. The lowest BCUT2D eigenvalue weighted by atomic mass is 10.0. The molecule has 0 saturated carbocycles. The van der Waals surface area contributed by atoms with Gasteiger partial charge in [0.05, 0.1) is 5.69 Å². The van der Waals surface area contributed by atoms with E-state index in [9.17, 15) is 0 Å². The van der Waals surface area contributed by atoms with Crippen molar-refractivity contribution in [3.05, 3.63) is 89.6 Å². The lowest BCUT2D eigenvalue weighted by Crippen LogP contribution is -1.90. The number of aryl methyl sites for hydroxylation is 1. The standard InChI is InChI=1S/C19H17N/c1-15-6-4-7-16(12-15)13-17-8-5-9-18(14-17)19-10-2-3-11-20-19/h2-12,14H,13H2,1H3. The topological polar surface area (TPSA) is 12.9 Å². The predicted molar refractivity (Wildman–Crippen MR) is 83.7 cm³/mol. The van der Waals surface area contributed by atoms with Crippen molar-refractivity contribution in [2.24, 2.45) is 0 Å². The van der Waals surface area contributed by atoms with Gasteiger partial charge in [0.25, 0.3) is 0 Å². The normalized spacial score (nSPS) is 10.4. The van der Waals surface area contributed by atoms with E-state index < -0.39 is 0 Å². The van der Waals surface area contributed by atoms with E-state index in [1.165, 1.54) is 22.3 Å². The van der Waals surface area contributed by atoms with Crippen molar-refractivity contribution >= 4 is 0 Å². The average Bonchev–Trinajstić information content (AvgIpc) is 2.48. The molecule has 1 heteroatoms. The maximum Gasteiger partial charge on any atom is 0.0702 e. The highest BCUT2D eigenvalue weighted by molar-refractivity contribution is 5.59. The first-order chi connectivity index (χ1) is 9.81. The van der Waals surface area contributed by atoms with Gasteiger partial charge < -0.3 is 0 Å². The highest BCUT2D eigenvalue weighted by Crippen LogP contribution is 2.19. The second-order valence-corrected chi connectivity index (χ2v) is 5.08. The molecule has 3 aromatic rings. The molecule has 0 amide bonds. The van der Waals surface area contributed by atoms with Crippen LogP contribution in [-0.2, 0) is 6.42 Å². The van der Waals surface area contributed by atoms with Crippen LogP contribution in [-0.4, -0.2) is 4.98 Å². The molecule has 0 aliphatic carbocycles. The molecule has 0 aliphatic rings. The fraction of sp³-hybridized carbons (Fsp3) is 0.105. The second kappa shape index (κ2) is 5.70. The van der Waals surface area contributed by atoms with Gasteiger partial charge in [0.2, 0.25) is 0 Å². The molecule has 0 atom stereocenters.